The summed E-state index contributed by atoms with van der Waals surface area (Å²) < 4.78 is 51.2. The number of hydrogen-bond donors (Lipinski definition) is 0. The lowest BCUT2D eigenvalue weighted by atomic mass is 9.90. The normalized spacial score (nSPS) is 25.6. The molecule has 1 spiro atoms. The van der Waals surface area contributed by atoms with Gasteiger partial charge >= 0.3 is 6.18 Å². The Morgan fingerprint density at radius 1 is 1.19 bits per heavy atom. The summed E-state index contributed by atoms with van der Waals surface area (Å²) in [5.41, 5.74) is 1.79. The first-order chi connectivity index (χ1) is 17.8. The van der Waals surface area contributed by atoms with E-state index in [2.05, 4.69) is 32.9 Å². The molecular formula is C27H27F3N4O3. The van der Waals surface area contributed by atoms with Gasteiger partial charge in [0, 0.05) is 19.5 Å². The van der Waals surface area contributed by atoms with E-state index in [9.17, 15) is 13.2 Å². The number of fused-ring (bicyclic) bond motifs is 4. The molecular weight excluding hydrogens is 485 g/mol. The van der Waals surface area contributed by atoms with Crippen LogP contribution in [0.3, 0.4) is 0 Å². The van der Waals surface area contributed by atoms with Gasteiger partial charge in [-0.15, -0.1) is 0 Å². The first kappa shape index (κ1) is 23.7. The van der Waals surface area contributed by atoms with Crippen molar-refractivity contribution in [2.75, 3.05) is 31.7 Å². The van der Waals surface area contributed by atoms with Crippen molar-refractivity contribution in [3.05, 3.63) is 58.7 Å². The largest absolute Gasteiger partial charge is 0.495 e. The van der Waals surface area contributed by atoms with E-state index in [0.29, 0.717) is 24.4 Å². The number of anilines is 1. The van der Waals surface area contributed by atoms with E-state index in [0.717, 1.165) is 54.1 Å². The Balaban J connectivity index is 1.31. The second-order valence-electron chi connectivity index (χ2n) is 9.72. The topological polar surface area (TPSA) is 58.9 Å². The minimum Gasteiger partial charge on any atom is -0.495 e. The van der Waals surface area contributed by atoms with E-state index in [1.807, 2.05) is 24.5 Å². The van der Waals surface area contributed by atoms with Gasteiger partial charge in [0.2, 0.25) is 5.72 Å². The van der Waals surface area contributed by atoms with E-state index in [1.54, 1.807) is 7.11 Å². The number of nitrogens with zero attached hydrogens (tertiary/aromatic N) is 4. The Morgan fingerprint density at radius 3 is 2.81 bits per heavy atom. The average Bonchev–Trinajstić information content (AvgIpc) is 3.48. The summed E-state index contributed by atoms with van der Waals surface area (Å²) in [6.45, 7) is 3.80. The highest BCUT2D eigenvalue weighted by Gasteiger charge is 2.53. The number of methoxy groups -OCH3 is 1. The molecule has 4 aliphatic heterocycles. The molecule has 2 aromatic carbocycles. The standard InChI is InChI=1S/C27H27F3N4O3/c1-17-15-33(16-31-17)22-8-5-18(13-24(22)35-2)12-19-4-3-10-34-25(19)32-37-26(34)9-11-36-23-14-20(27(28,29)30)6-7-21(23)26/h5-8,12-14,16-17H,3-4,9-11,15H2,1-2H3/b19-12+. The van der Waals surface area contributed by atoms with Gasteiger partial charge in [-0.3, -0.25) is 4.99 Å². The first-order valence-corrected chi connectivity index (χ1v) is 12.4. The lowest BCUT2D eigenvalue weighted by Gasteiger charge is -2.42. The fourth-order valence-corrected chi connectivity index (χ4v) is 5.49. The van der Waals surface area contributed by atoms with Gasteiger partial charge in [-0.2, -0.15) is 13.2 Å². The molecule has 37 heavy (non-hydrogen) atoms. The molecule has 0 bridgehead atoms. The lowest BCUT2D eigenvalue weighted by molar-refractivity contribution is -0.139. The molecule has 0 aliphatic carbocycles. The number of ether oxygens (including phenoxy) is 2. The first-order valence-electron chi connectivity index (χ1n) is 12.4. The fraction of sp³-hybridized carbons (Fsp3) is 0.407. The molecule has 0 aromatic heterocycles. The third kappa shape index (κ3) is 3.98. The monoisotopic (exact) mass is 512 g/mol. The van der Waals surface area contributed by atoms with Crippen LogP contribution < -0.4 is 14.4 Å². The van der Waals surface area contributed by atoms with Crippen molar-refractivity contribution in [1.29, 1.82) is 0 Å². The van der Waals surface area contributed by atoms with Crippen LogP contribution in [0.25, 0.3) is 6.08 Å². The second-order valence-corrected chi connectivity index (χ2v) is 9.72. The zero-order valence-corrected chi connectivity index (χ0v) is 20.6. The Bertz CT molecular complexity index is 1320. The van der Waals surface area contributed by atoms with Crippen LogP contribution in [-0.2, 0) is 16.7 Å². The Hall–Kier alpha value is -3.69. The van der Waals surface area contributed by atoms with Crippen LogP contribution >= 0.6 is 0 Å². The number of benzene rings is 2. The van der Waals surface area contributed by atoms with Crippen molar-refractivity contribution < 1.29 is 27.5 Å². The van der Waals surface area contributed by atoms with Crippen LogP contribution in [0, 0.1) is 0 Å². The Labute approximate surface area is 212 Å². The zero-order chi connectivity index (χ0) is 25.8. The predicted molar refractivity (Wildman–Crippen MR) is 134 cm³/mol. The molecule has 4 aliphatic rings. The summed E-state index contributed by atoms with van der Waals surface area (Å²) in [6.07, 6.45) is 1.61. The molecule has 10 heteroatoms. The smallest absolute Gasteiger partial charge is 0.416 e. The van der Waals surface area contributed by atoms with Gasteiger partial charge in [-0.1, -0.05) is 11.2 Å². The number of amidine groups is 1. The third-order valence-electron chi connectivity index (χ3n) is 7.29. The molecule has 4 heterocycles. The predicted octanol–water partition coefficient (Wildman–Crippen LogP) is 5.41. The summed E-state index contributed by atoms with van der Waals surface area (Å²) in [5, 5.41) is 4.45. The molecule has 194 valence electrons. The van der Waals surface area contributed by atoms with Crippen molar-refractivity contribution in [2.24, 2.45) is 10.1 Å². The van der Waals surface area contributed by atoms with Crippen LogP contribution in [0.2, 0.25) is 0 Å². The van der Waals surface area contributed by atoms with Crippen LogP contribution in [0.1, 0.15) is 42.9 Å². The maximum absolute atomic E-state index is 13.3. The van der Waals surface area contributed by atoms with Crippen LogP contribution in [0.5, 0.6) is 11.5 Å². The van der Waals surface area contributed by atoms with Crippen LogP contribution in [0.4, 0.5) is 18.9 Å². The molecule has 0 radical (unpaired) electrons. The summed E-state index contributed by atoms with van der Waals surface area (Å²) >= 11 is 0. The minimum absolute atomic E-state index is 0.189. The number of hydrogen-bond acceptors (Lipinski definition) is 7. The number of alkyl halides is 3. The van der Waals surface area contributed by atoms with Gasteiger partial charge in [0.15, 0.2) is 5.84 Å². The summed E-state index contributed by atoms with van der Waals surface area (Å²) in [5.74, 6) is 1.65. The molecule has 0 amide bonds. The Kier molecular flexibility index (Phi) is 5.58. The lowest BCUT2D eigenvalue weighted by Crippen LogP contribution is -2.51. The van der Waals surface area contributed by atoms with Crippen LogP contribution in [-0.4, -0.2) is 49.9 Å². The van der Waals surface area contributed by atoms with Crippen molar-refractivity contribution >= 4 is 23.9 Å². The molecule has 6 rings (SSSR count). The molecule has 1 saturated heterocycles. The molecule has 1 fully saturated rings. The van der Waals surface area contributed by atoms with Crippen molar-refractivity contribution in [1.82, 2.24) is 4.90 Å². The number of rotatable bonds is 3. The summed E-state index contributed by atoms with van der Waals surface area (Å²) in [4.78, 5) is 14.6. The summed E-state index contributed by atoms with van der Waals surface area (Å²) in [6, 6.07) is 9.89. The van der Waals surface area contributed by atoms with Gasteiger partial charge in [-0.05, 0) is 67.3 Å². The van der Waals surface area contributed by atoms with Gasteiger partial charge in [-0.25, -0.2) is 0 Å². The van der Waals surface area contributed by atoms with E-state index >= 15 is 0 Å². The third-order valence-corrected chi connectivity index (χ3v) is 7.29. The zero-order valence-electron chi connectivity index (χ0n) is 20.6. The van der Waals surface area contributed by atoms with E-state index in [-0.39, 0.29) is 18.4 Å². The van der Waals surface area contributed by atoms with Crippen molar-refractivity contribution in [3.8, 4) is 11.5 Å². The van der Waals surface area contributed by atoms with E-state index in [1.165, 1.54) is 6.07 Å². The van der Waals surface area contributed by atoms with Gasteiger partial charge in [0.05, 0.1) is 42.9 Å². The van der Waals surface area contributed by atoms with Crippen molar-refractivity contribution in [3.63, 3.8) is 0 Å². The van der Waals surface area contributed by atoms with Gasteiger partial charge in [0.1, 0.15) is 11.5 Å². The molecule has 0 N–H and O–H groups in total. The fourth-order valence-electron chi connectivity index (χ4n) is 5.49. The molecule has 7 nitrogen and oxygen atoms in total. The quantitative estimate of drug-likeness (QED) is 0.551. The molecule has 2 unspecified atom stereocenters. The highest BCUT2D eigenvalue weighted by molar-refractivity contribution is 6.03. The maximum atomic E-state index is 13.3. The minimum atomic E-state index is -4.45. The summed E-state index contributed by atoms with van der Waals surface area (Å²) in [7, 11) is 1.65. The highest BCUT2D eigenvalue weighted by atomic mass is 19.4. The number of halogens is 3. The number of oxime groups is 1. The molecule has 2 atom stereocenters. The van der Waals surface area contributed by atoms with E-state index in [4.69, 9.17) is 14.3 Å². The Morgan fingerprint density at radius 2 is 2.05 bits per heavy atom. The number of aliphatic imine (C=N–C) groups is 1. The van der Waals surface area contributed by atoms with Crippen LogP contribution in [0.15, 0.2) is 52.1 Å². The van der Waals surface area contributed by atoms with E-state index < -0.39 is 17.5 Å². The number of piperidine rings is 1. The molecule has 0 saturated carbocycles. The van der Waals surface area contributed by atoms with Gasteiger partial charge < -0.3 is 24.1 Å². The molecule has 2 aromatic rings. The highest BCUT2D eigenvalue weighted by Crippen LogP contribution is 2.49. The SMILES string of the molecule is COc1cc(/C=C2\CCCN3C2=NOC32CCOc3cc(C(F)(F)F)ccc32)ccc1N1C=NC(C)C1. The van der Waals surface area contributed by atoms with Gasteiger partial charge in [0.25, 0.3) is 0 Å². The van der Waals surface area contributed by atoms with Crippen molar-refractivity contribution in [2.45, 2.75) is 44.1 Å². The maximum Gasteiger partial charge on any atom is 0.416 e. The second kappa shape index (κ2) is 8.71. The average molecular weight is 513 g/mol.